The number of ether oxygens (including phenoxy) is 1. The molecule has 2 heterocycles. The van der Waals surface area contributed by atoms with E-state index in [1.54, 1.807) is 36.5 Å². The molecule has 1 aromatic carbocycles. The van der Waals surface area contributed by atoms with Gasteiger partial charge in [0.05, 0.1) is 6.20 Å². The van der Waals surface area contributed by atoms with Crippen LogP contribution in [0.4, 0.5) is 18.0 Å². The second kappa shape index (κ2) is 9.78. The molecule has 2 amide bonds. The van der Waals surface area contributed by atoms with Crippen molar-refractivity contribution in [2.75, 3.05) is 19.6 Å². The van der Waals surface area contributed by atoms with Crippen molar-refractivity contribution in [3.8, 4) is 11.1 Å². The van der Waals surface area contributed by atoms with Crippen molar-refractivity contribution >= 4 is 12.0 Å². The molecule has 1 saturated heterocycles. The molecule has 7 nitrogen and oxygen atoms in total. The van der Waals surface area contributed by atoms with E-state index in [-0.39, 0.29) is 18.4 Å². The summed E-state index contributed by atoms with van der Waals surface area (Å²) in [5.74, 6) is -2.01. The van der Waals surface area contributed by atoms with Crippen LogP contribution in [-0.2, 0) is 16.6 Å². The van der Waals surface area contributed by atoms with Gasteiger partial charge in [0.15, 0.2) is 0 Å². The Kier molecular flexibility index (Phi) is 7.07. The van der Waals surface area contributed by atoms with Crippen LogP contribution in [0.3, 0.4) is 0 Å². The third kappa shape index (κ3) is 6.20. The van der Waals surface area contributed by atoms with Gasteiger partial charge in [0.25, 0.3) is 0 Å². The molecular formula is C26H33F3N4O3. The van der Waals surface area contributed by atoms with Crippen molar-refractivity contribution in [2.24, 2.45) is 13.0 Å². The molecule has 2 fully saturated rings. The van der Waals surface area contributed by atoms with Gasteiger partial charge >= 0.3 is 18.2 Å². The fourth-order valence-corrected chi connectivity index (χ4v) is 4.81. The molecule has 2 aliphatic rings. The number of carbonyl (C=O) groups excluding carboxylic acids is 2. The highest BCUT2D eigenvalue weighted by molar-refractivity contribution is 5.82. The fraction of sp³-hybridized carbons (Fsp3) is 0.577. The number of aromatic nitrogens is 2. The first kappa shape index (κ1) is 26.0. The Hall–Kier alpha value is -3.04. The first-order valence-electron chi connectivity index (χ1n) is 12.3. The molecule has 2 atom stereocenters. The van der Waals surface area contributed by atoms with Crippen LogP contribution in [0.2, 0.25) is 0 Å². The Morgan fingerprint density at radius 2 is 1.72 bits per heavy atom. The Labute approximate surface area is 209 Å². The van der Waals surface area contributed by atoms with E-state index < -0.39 is 29.8 Å². The molecular weight excluding hydrogens is 473 g/mol. The van der Waals surface area contributed by atoms with Crippen LogP contribution >= 0.6 is 0 Å². The lowest BCUT2D eigenvalue weighted by molar-refractivity contribution is -0.187. The predicted molar refractivity (Wildman–Crippen MR) is 128 cm³/mol. The summed E-state index contributed by atoms with van der Waals surface area (Å²) in [6.07, 6.45) is -0.129. The number of piperidine rings is 1. The summed E-state index contributed by atoms with van der Waals surface area (Å²) in [7, 11) is 1.83. The second-order valence-electron chi connectivity index (χ2n) is 10.8. The van der Waals surface area contributed by atoms with Crippen molar-refractivity contribution in [2.45, 2.75) is 63.8 Å². The molecule has 0 N–H and O–H groups in total. The minimum absolute atomic E-state index is 0.0371. The van der Waals surface area contributed by atoms with Crippen LogP contribution in [0.5, 0.6) is 0 Å². The third-order valence-electron chi connectivity index (χ3n) is 6.76. The standard InChI is InChI=1S/C26H33F3N4O3/c1-25(2,3)36-24(35)32-11-9-17(10-12-32)15-33(23(34)26(27,28)29)22-13-21(22)19-7-5-18(6-8-19)20-14-30-31(4)16-20/h5-8,14,16-17,21-22H,9-13,15H2,1-4H3. The van der Waals surface area contributed by atoms with Crippen molar-refractivity contribution in [1.29, 1.82) is 0 Å². The van der Waals surface area contributed by atoms with Crippen LogP contribution in [0.15, 0.2) is 36.7 Å². The number of nitrogens with zero attached hydrogens (tertiary/aromatic N) is 4. The minimum atomic E-state index is -4.92. The van der Waals surface area contributed by atoms with Gasteiger partial charge in [-0.2, -0.15) is 18.3 Å². The summed E-state index contributed by atoms with van der Waals surface area (Å²) < 4.78 is 47.5. The van der Waals surface area contributed by atoms with Crippen molar-refractivity contribution in [3.63, 3.8) is 0 Å². The van der Waals surface area contributed by atoms with E-state index >= 15 is 0 Å². The van der Waals surface area contributed by atoms with Crippen LogP contribution in [0, 0.1) is 5.92 Å². The quantitative estimate of drug-likeness (QED) is 0.574. The maximum atomic E-state index is 13.5. The highest BCUT2D eigenvalue weighted by Gasteiger charge is 2.52. The number of likely N-dealkylation sites (tertiary alicyclic amines) is 1. The molecule has 0 radical (unpaired) electrons. The number of aryl methyl sites for hydroxylation is 1. The molecule has 0 spiro atoms. The van der Waals surface area contributed by atoms with Gasteiger partial charge in [-0.1, -0.05) is 24.3 Å². The van der Waals surface area contributed by atoms with Crippen molar-refractivity contribution in [1.82, 2.24) is 19.6 Å². The number of hydrogen-bond donors (Lipinski definition) is 0. The highest BCUT2D eigenvalue weighted by Crippen LogP contribution is 2.46. The molecule has 36 heavy (non-hydrogen) atoms. The largest absolute Gasteiger partial charge is 0.471 e. The van der Waals surface area contributed by atoms with Gasteiger partial charge in [0, 0.05) is 50.4 Å². The summed E-state index contributed by atoms with van der Waals surface area (Å²) in [5, 5.41) is 4.16. The van der Waals surface area contributed by atoms with E-state index in [4.69, 9.17) is 4.74 Å². The average Bonchev–Trinajstić information content (AvgIpc) is 3.47. The van der Waals surface area contributed by atoms with Crippen LogP contribution < -0.4 is 0 Å². The van der Waals surface area contributed by atoms with Crippen LogP contribution in [-0.4, -0.2) is 69.0 Å². The zero-order valence-corrected chi connectivity index (χ0v) is 21.1. The van der Waals surface area contributed by atoms with Gasteiger partial charge in [0.2, 0.25) is 0 Å². The lowest BCUT2D eigenvalue weighted by Crippen LogP contribution is -2.48. The third-order valence-corrected chi connectivity index (χ3v) is 6.76. The number of amides is 2. The molecule has 1 saturated carbocycles. The number of benzene rings is 1. The Balaban J connectivity index is 1.40. The summed E-state index contributed by atoms with van der Waals surface area (Å²) >= 11 is 0. The number of hydrogen-bond acceptors (Lipinski definition) is 4. The van der Waals surface area contributed by atoms with Crippen molar-refractivity contribution in [3.05, 3.63) is 42.2 Å². The zero-order chi connectivity index (χ0) is 26.3. The zero-order valence-electron chi connectivity index (χ0n) is 21.1. The molecule has 1 aromatic heterocycles. The first-order valence-corrected chi connectivity index (χ1v) is 12.3. The summed E-state index contributed by atoms with van der Waals surface area (Å²) in [6.45, 7) is 6.20. The molecule has 2 unspecified atom stereocenters. The smallest absolute Gasteiger partial charge is 0.444 e. The van der Waals surface area contributed by atoms with E-state index in [1.165, 1.54) is 0 Å². The number of rotatable bonds is 5. The van der Waals surface area contributed by atoms with Crippen LogP contribution in [0.1, 0.15) is 51.5 Å². The molecule has 2 aromatic rings. The summed E-state index contributed by atoms with van der Waals surface area (Å²) in [4.78, 5) is 27.3. The number of carbonyl (C=O) groups is 2. The molecule has 1 aliphatic carbocycles. The van der Waals surface area contributed by atoms with Crippen LogP contribution in [0.25, 0.3) is 11.1 Å². The van der Waals surface area contributed by atoms with Gasteiger partial charge in [-0.05, 0) is 57.1 Å². The van der Waals surface area contributed by atoms with Gasteiger partial charge in [-0.25, -0.2) is 4.79 Å². The minimum Gasteiger partial charge on any atom is -0.444 e. The maximum Gasteiger partial charge on any atom is 0.471 e. The number of alkyl halides is 3. The molecule has 196 valence electrons. The van der Waals surface area contributed by atoms with Gasteiger partial charge in [0.1, 0.15) is 5.60 Å². The highest BCUT2D eigenvalue weighted by atomic mass is 19.4. The van der Waals surface area contributed by atoms with E-state index in [9.17, 15) is 22.8 Å². The Morgan fingerprint density at radius 3 is 2.25 bits per heavy atom. The van der Waals surface area contributed by atoms with E-state index in [2.05, 4.69) is 5.10 Å². The topological polar surface area (TPSA) is 67.7 Å². The molecule has 0 bridgehead atoms. The molecule has 4 rings (SSSR count). The Morgan fingerprint density at radius 1 is 1.08 bits per heavy atom. The van der Waals surface area contributed by atoms with E-state index in [1.807, 2.05) is 37.5 Å². The summed E-state index contributed by atoms with van der Waals surface area (Å²) in [5.41, 5.74) is 2.25. The second-order valence-corrected chi connectivity index (χ2v) is 10.8. The SMILES string of the molecule is Cn1cc(-c2ccc(C3CC3N(CC3CCN(C(=O)OC(C)(C)C)CC3)C(=O)C(F)(F)F)cc2)cn1. The fourth-order valence-electron chi connectivity index (χ4n) is 4.81. The number of halogens is 3. The van der Waals surface area contributed by atoms with E-state index in [0.29, 0.717) is 32.4 Å². The molecule has 1 aliphatic heterocycles. The lowest BCUT2D eigenvalue weighted by atomic mass is 9.96. The normalized spacial score (nSPS) is 20.8. The first-order chi connectivity index (χ1) is 16.8. The lowest BCUT2D eigenvalue weighted by Gasteiger charge is -2.36. The van der Waals surface area contributed by atoms with Gasteiger partial charge in [-0.15, -0.1) is 0 Å². The summed E-state index contributed by atoms with van der Waals surface area (Å²) in [6, 6.07) is 7.23. The van der Waals surface area contributed by atoms with Gasteiger partial charge < -0.3 is 14.5 Å². The van der Waals surface area contributed by atoms with E-state index in [0.717, 1.165) is 21.6 Å². The van der Waals surface area contributed by atoms with Crippen molar-refractivity contribution < 1.29 is 27.5 Å². The monoisotopic (exact) mass is 506 g/mol. The average molecular weight is 507 g/mol. The van der Waals surface area contributed by atoms with Gasteiger partial charge in [-0.3, -0.25) is 9.48 Å². The molecule has 10 heteroatoms. The predicted octanol–water partition coefficient (Wildman–Crippen LogP) is 4.98. The Bertz CT molecular complexity index is 1080. The maximum absolute atomic E-state index is 13.5.